The van der Waals surface area contributed by atoms with Crippen molar-refractivity contribution in [2.45, 2.75) is 32.7 Å². The molecule has 3 atom stereocenters. The van der Waals surface area contributed by atoms with Crippen LogP contribution in [0.15, 0.2) is 0 Å². The van der Waals surface area contributed by atoms with Crippen molar-refractivity contribution in [3.63, 3.8) is 0 Å². The third-order valence-corrected chi connectivity index (χ3v) is 4.23. The van der Waals surface area contributed by atoms with Gasteiger partial charge in [0.25, 0.3) is 0 Å². The van der Waals surface area contributed by atoms with Crippen LogP contribution in [0.25, 0.3) is 0 Å². The molecule has 1 saturated carbocycles. The van der Waals surface area contributed by atoms with E-state index in [2.05, 4.69) is 0 Å². The summed E-state index contributed by atoms with van der Waals surface area (Å²) in [7, 11) is 0. The normalized spacial score (nSPS) is 34.8. The average Bonchev–Trinajstić information content (AvgIpc) is 2.63. The summed E-state index contributed by atoms with van der Waals surface area (Å²) in [6, 6.07) is -0.117. The molecule has 2 unspecified atom stereocenters. The SMILES string of the molecule is CC1(C)C(C(=O)O)C1C(=O)N1CCC[C@@H]1CO. The molecule has 2 aliphatic rings. The van der Waals surface area contributed by atoms with E-state index in [0.717, 1.165) is 12.8 Å². The Bertz CT molecular complexity index is 352. The van der Waals surface area contributed by atoms with Gasteiger partial charge in [-0.15, -0.1) is 0 Å². The van der Waals surface area contributed by atoms with E-state index in [9.17, 15) is 14.7 Å². The number of hydrogen-bond acceptors (Lipinski definition) is 3. The van der Waals surface area contributed by atoms with Gasteiger partial charge in [-0.05, 0) is 18.3 Å². The van der Waals surface area contributed by atoms with E-state index < -0.39 is 23.2 Å². The van der Waals surface area contributed by atoms with Crippen LogP contribution in [0.5, 0.6) is 0 Å². The van der Waals surface area contributed by atoms with Gasteiger partial charge in [-0.2, -0.15) is 0 Å². The molecule has 0 spiro atoms. The molecule has 0 bridgehead atoms. The van der Waals surface area contributed by atoms with Crippen LogP contribution >= 0.6 is 0 Å². The molecule has 96 valence electrons. The first-order chi connectivity index (χ1) is 7.91. The highest BCUT2D eigenvalue weighted by atomic mass is 16.4. The summed E-state index contributed by atoms with van der Waals surface area (Å²) in [6.45, 7) is 4.25. The van der Waals surface area contributed by atoms with Gasteiger partial charge in [-0.25, -0.2) is 0 Å². The number of aliphatic hydroxyl groups is 1. The van der Waals surface area contributed by atoms with Crippen molar-refractivity contribution < 1.29 is 19.8 Å². The molecule has 5 nitrogen and oxygen atoms in total. The molecule has 0 aromatic rings. The van der Waals surface area contributed by atoms with Crippen molar-refractivity contribution in [2.24, 2.45) is 17.3 Å². The first-order valence-corrected chi connectivity index (χ1v) is 6.05. The van der Waals surface area contributed by atoms with Gasteiger partial charge < -0.3 is 15.1 Å². The van der Waals surface area contributed by atoms with Crippen molar-refractivity contribution in [3.8, 4) is 0 Å². The minimum Gasteiger partial charge on any atom is -0.481 e. The quantitative estimate of drug-likeness (QED) is 0.746. The lowest BCUT2D eigenvalue weighted by atomic mass is 10.1. The van der Waals surface area contributed by atoms with Gasteiger partial charge in [-0.3, -0.25) is 9.59 Å². The van der Waals surface area contributed by atoms with E-state index in [4.69, 9.17) is 5.11 Å². The van der Waals surface area contributed by atoms with Crippen molar-refractivity contribution in [2.75, 3.05) is 13.2 Å². The van der Waals surface area contributed by atoms with Crippen LogP contribution in [0.3, 0.4) is 0 Å². The van der Waals surface area contributed by atoms with Gasteiger partial charge in [-0.1, -0.05) is 13.8 Å². The second-order valence-corrected chi connectivity index (χ2v) is 5.63. The minimum atomic E-state index is -0.895. The molecule has 0 aromatic carbocycles. The van der Waals surface area contributed by atoms with Crippen LogP contribution < -0.4 is 0 Å². The first kappa shape index (κ1) is 12.4. The molecule has 0 radical (unpaired) electrons. The van der Waals surface area contributed by atoms with Gasteiger partial charge in [0.2, 0.25) is 5.91 Å². The molecule has 2 fully saturated rings. The lowest BCUT2D eigenvalue weighted by Gasteiger charge is -2.23. The maximum atomic E-state index is 12.3. The molecule has 17 heavy (non-hydrogen) atoms. The van der Waals surface area contributed by atoms with Crippen LogP contribution in [0.2, 0.25) is 0 Å². The Balaban J connectivity index is 2.09. The molecule has 1 saturated heterocycles. The van der Waals surface area contributed by atoms with Crippen LogP contribution in [0, 0.1) is 17.3 Å². The fourth-order valence-electron chi connectivity index (χ4n) is 3.05. The van der Waals surface area contributed by atoms with Gasteiger partial charge in [0, 0.05) is 6.54 Å². The molecule has 2 N–H and O–H groups in total. The molecule has 1 amide bonds. The fourth-order valence-corrected chi connectivity index (χ4v) is 3.05. The molecule has 5 heteroatoms. The van der Waals surface area contributed by atoms with Crippen molar-refractivity contribution in [1.29, 1.82) is 0 Å². The Morgan fingerprint density at radius 2 is 2.00 bits per heavy atom. The summed E-state index contributed by atoms with van der Waals surface area (Å²) >= 11 is 0. The number of carbonyl (C=O) groups excluding carboxylic acids is 1. The number of likely N-dealkylation sites (tertiary alicyclic amines) is 1. The molecule has 0 aromatic heterocycles. The Morgan fingerprint density at radius 3 is 2.47 bits per heavy atom. The highest BCUT2D eigenvalue weighted by Gasteiger charge is 2.67. The smallest absolute Gasteiger partial charge is 0.307 e. The van der Waals surface area contributed by atoms with E-state index >= 15 is 0 Å². The summed E-state index contributed by atoms with van der Waals surface area (Å²) in [4.78, 5) is 25.0. The molecule has 1 aliphatic heterocycles. The highest BCUT2D eigenvalue weighted by molar-refractivity contribution is 5.92. The van der Waals surface area contributed by atoms with E-state index in [-0.39, 0.29) is 18.6 Å². The topological polar surface area (TPSA) is 77.8 Å². The summed E-state index contributed by atoms with van der Waals surface area (Å²) in [5.41, 5.74) is -0.453. The third kappa shape index (κ3) is 1.82. The number of rotatable bonds is 3. The van der Waals surface area contributed by atoms with Gasteiger partial charge in [0.05, 0.1) is 24.5 Å². The van der Waals surface area contributed by atoms with Gasteiger partial charge in [0.15, 0.2) is 0 Å². The minimum absolute atomic E-state index is 0.0311. The number of carboxylic acid groups (broad SMARTS) is 1. The highest BCUT2D eigenvalue weighted by Crippen LogP contribution is 2.59. The number of amides is 1. The van der Waals surface area contributed by atoms with Crippen LogP contribution in [-0.2, 0) is 9.59 Å². The number of aliphatic hydroxyl groups excluding tert-OH is 1. The second-order valence-electron chi connectivity index (χ2n) is 5.63. The van der Waals surface area contributed by atoms with E-state index in [1.165, 1.54) is 0 Å². The number of hydrogen-bond donors (Lipinski definition) is 2. The number of carbonyl (C=O) groups is 2. The largest absolute Gasteiger partial charge is 0.481 e. The molecular formula is C12H19NO4. The zero-order valence-corrected chi connectivity index (χ0v) is 10.2. The predicted octanol–water partition coefficient (Wildman–Crippen LogP) is 0.326. The Morgan fingerprint density at radius 1 is 1.35 bits per heavy atom. The predicted molar refractivity (Wildman–Crippen MR) is 60.2 cm³/mol. The summed E-state index contributed by atoms with van der Waals surface area (Å²) in [5.74, 6) is -1.99. The average molecular weight is 241 g/mol. The number of aliphatic carboxylic acids is 1. The maximum absolute atomic E-state index is 12.3. The van der Waals surface area contributed by atoms with Crippen molar-refractivity contribution in [3.05, 3.63) is 0 Å². The van der Waals surface area contributed by atoms with Crippen molar-refractivity contribution in [1.82, 2.24) is 4.90 Å². The Hall–Kier alpha value is -1.10. The maximum Gasteiger partial charge on any atom is 0.307 e. The lowest BCUT2D eigenvalue weighted by Crippen LogP contribution is -2.39. The zero-order chi connectivity index (χ0) is 12.8. The lowest BCUT2D eigenvalue weighted by molar-refractivity contribution is -0.142. The Kier molecular flexibility index (Phi) is 2.89. The number of nitrogens with zero attached hydrogens (tertiary/aromatic N) is 1. The monoisotopic (exact) mass is 241 g/mol. The van der Waals surface area contributed by atoms with E-state index in [0.29, 0.717) is 6.54 Å². The van der Waals surface area contributed by atoms with E-state index in [1.54, 1.807) is 4.90 Å². The molecule has 1 aliphatic carbocycles. The van der Waals surface area contributed by atoms with Crippen LogP contribution in [0.1, 0.15) is 26.7 Å². The summed E-state index contributed by atoms with van der Waals surface area (Å²) in [6.07, 6.45) is 1.70. The summed E-state index contributed by atoms with van der Waals surface area (Å²) < 4.78 is 0. The second kappa shape index (κ2) is 3.98. The fraction of sp³-hybridized carbons (Fsp3) is 0.833. The van der Waals surface area contributed by atoms with Crippen LogP contribution in [-0.4, -0.2) is 46.2 Å². The zero-order valence-electron chi connectivity index (χ0n) is 10.2. The molecular weight excluding hydrogens is 222 g/mol. The summed E-state index contributed by atoms with van der Waals surface area (Å²) in [5, 5.41) is 18.2. The van der Waals surface area contributed by atoms with Gasteiger partial charge >= 0.3 is 5.97 Å². The first-order valence-electron chi connectivity index (χ1n) is 6.05. The van der Waals surface area contributed by atoms with Crippen molar-refractivity contribution >= 4 is 11.9 Å². The molecule has 1 heterocycles. The Labute approximate surface area is 100 Å². The standard InChI is InChI=1S/C12H19NO4/c1-12(2)8(9(12)11(16)17)10(15)13-5-3-4-7(13)6-14/h7-9,14H,3-6H2,1-2H3,(H,16,17)/t7-,8?,9?/m1/s1. The molecule has 2 rings (SSSR count). The third-order valence-electron chi connectivity index (χ3n) is 4.23. The number of carboxylic acids is 1. The van der Waals surface area contributed by atoms with E-state index in [1.807, 2.05) is 13.8 Å². The van der Waals surface area contributed by atoms with Gasteiger partial charge in [0.1, 0.15) is 0 Å². The van der Waals surface area contributed by atoms with Crippen LogP contribution in [0.4, 0.5) is 0 Å².